The second kappa shape index (κ2) is 9.56. The van der Waals surface area contributed by atoms with E-state index >= 15 is 0 Å². The van der Waals surface area contributed by atoms with Crippen LogP contribution in [0, 0.1) is 0 Å². The molecule has 25 heavy (non-hydrogen) atoms. The molecule has 5 nitrogen and oxygen atoms in total. The van der Waals surface area contributed by atoms with Gasteiger partial charge < -0.3 is 15.4 Å². The molecule has 0 aliphatic rings. The topological polar surface area (TPSA) is 67.4 Å². The number of anilines is 1. The fourth-order valence-electron chi connectivity index (χ4n) is 2.05. The Balaban J connectivity index is 1.93. The fraction of sp³-hybridized carbons (Fsp3) is 0.333. The summed E-state index contributed by atoms with van der Waals surface area (Å²) in [6.45, 7) is 5.06. The SMILES string of the molecule is CC(C)OCCCNC(=O)c1ccc(Cl)c(NC(=O)c2cccs2)c1. The molecule has 0 bridgehead atoms. The molecule has 0 aliphatic carbocycles. The van der Waals surface area contributed by atoms with Crippen molar-refractivity contribution in [2.75, 3.05) is 18.5 Å². The Kier molecular flexibility index (Phi) is 7.43. The van der Waals surface area contributed by atoms with E-state index < -0.39 is 0 Å². The maximum absolute atomic E-state index is 12.2. The molecule has 7 heteroatoms. The summed E-state index contributed by atoms with van der Waals surface area (Å²) in [5.41, 5.74) is 0.853. The van der Waals surface area contributed by atoms with Crippen molar-refractivity contribution in [3.05, 3.63) is 51.2 Å². The Labute approximate surface area is 156 Å². The van der Waals surface area contributed by atoms with Crippen LogP contribution in [0.15, 0.2) is 35.7 Å². The number of nitrogens with one attached hydrogen (secondary N) is 2. The van der Waals surface area contributed by atoms with Gasteiger partial charge in [-0.25, -0.2) is 0 Å². The number of ether oxygens (including phenoxy) is 1. The second-order valence-corrected chi connectivity index (χ2v) is 7.01. The van der Waals surface area contributed by atoms with E-state index in [1.807, 2.05) is 19.2 Å². The minimum Gasteiger partial charge on any atom is -0.379 e. The smallest absolute Gasteiger partial charge is 0.265 e. The molecule has 0 saturated carbocycles. The van der Waals surface area contributed by atoms with E-state index in [1.165, 1.54) is 11.3 Å². The Morgan fingerprint density at radius 2 is 2.04 bits per heavy atom. The van der Waals surface area contributed by atoms with Crippen molar-refractivity contribution < 1.29 is 14.3 Å². The van der Waals surface area contributed by atoms with E-state index in [0.29, 0.717) is 34.3 Å². The van der Waals surface area contributed by atoms with Crippen molar-refractivity contribution in [3.8, 4) is 0 Å². The summed E-state index contributed by atoms with van der Waals surface area (Å²) in [5.74, 6) is -0.465. The molecule has 2 N–H and O–H groups in total. The molecular weight excluding hydrogens is 360 g/mol. The summed E-state index contributed by atoms with van der Waals surface area (Å²) in [7, 11) is 0. The lowest BCUT2D eigenvalue weighted by atomic mass is 10.2. The number of halogens is 1. The molecule has 0 atom stereocenters. The summed E-state index contributed by atoms with van der Waals surface area (Å²) in [5, 5.41) is 7.77. The highest BCUT2D eigenvalue weighted by atomic mass is 35.5. The van der Waals surface area contributed by atoms with E-state index in [9.17, 15) is 9.59 Å². The van der Waals surface area contributed by atoms with Crippen LogP contribution in [-0.2, 0) is 4.74 Å². The highest BCUT2D eigenvalue weighted by Crippen LogP contribution is 2.24. The third-order valence-electron chi connectivity index (χ3n) is 3.28. The van der Waals surface area contributed by atoms with Gasteiger partial charge in [-0.05, 0) is 49.9 Å². The highest BCUT2D eigenvalue weighted by Gasteiger charge is 2.12. The molecular formula is C18H21ClN2O3S. The minimum atomic E-state index is -0.250. The number of hydrogen-bond donors (Lipinski definition) is 2. The fourth-order valence-corrected chi connectivity index (χ4v) is 2.83. The Morgan fingerprint density at radius 3 is 2.72 bits per heavy atom. The summed E-state index contributed by atoms with van der Waals surface area (Å²) < 4.78 is 5.43. The average Bonchev–Trinajstić information content (AvgIpc) is 3.10. The summed E-state index contributed by atoms with van der Waals surface area (Å²) in [4.78, 5) is 24.9. The first kappa shape index (κ1) is 19.4. The maximum Gasteiger partial charge on any atom is 0.265 e. The quantitative estimate of drug-likeness (QED) is 0.674. The van der Waals surface area contributed by atoms with Crippen molar-refractivity contribution >= 4 is 40.4 Å². The number of thiophene rings is 1. The lowest BCUT2D eigenvalue weighted by Gasteiger charge is -2.10. The molecule has 134 valence electrons. The molecule has 0 fully saturated rings. The number of amides is 2. The van der Waals surface area contributed by atoms with Gasteiger partial charge in [-0.1, -0.05) is 17.7 Å². The summed E-state index contributed by atoms with van der Waals surface area (Å²) >= 11 is 7.46. The number of benzene rings is 1. The predicted molar refractivity (Wildman–Crippen MR) is 102 cm³/mol. The van der Waals surface area contributed by atoms with Crippen LogP contribution in [0.1, 0.15) is 40.3 Å². The minimum absolute atomic E-state index is 0.182. The van der Waals surface area contributed by atoms with Crippen LogP contribution in [0.5, 0.6) is 0 Å². The summed E-state index contributed by atoms with van der Waals surface area (Å²) in [6, 6.07) is 8.33. The molecule has 0 unspecified atom stereocenters. The van der Waals surface area contributed by atoms with Gasteiger partial charge >= 0.3 is 0 Å². The second-order valence-electron chi connectivity index (χ2n) is 5.66. The van der Waals surface area contributed by atoms with Crippen LogP contribution < -0.4 is 10.6 Å². The lowest BCUT2D eigenvalue weighted by Crippen LogP contribution is -2.25. The van der Waals surface area contributed by atoms with Crippen molar-refractivity contribution in [1.82, 2.24) is 5.32 Å². The van der Waals surface area contributed by atoms with Gasteiger partial charge in [0.25, 0.3) is 11.8 Å². The zero-order valence-electron chi connectivity index (χ0n) is 14.2. The van der Waals surface area contributed by atoms with Gasteiger partial charge in [0.15, 0.2) is 0 Å². The van der Waals surface area contributed by atoms with E-state index in [0.717, 1.165) is 6.42 Å². The first-order valence-corrected chi connectivity index (χ1v) is 9.27. The van der Waals surface area contributed by atoms with Crippen molar-refractivity contribution in [3.63, 3.8) is 0 Å². The number of carbonyl (C=O) groups excluding carboxylic acids is 2. The van der Waals surface area contributed by atoms with Crippen LogP contribution in [0.4, 0.5) is 5.69 Å². The van der Waals surface area contributed by atoms with Crippen LogP contribution in [0.25, 0.3) is 0 Å². The number of hydrogen-bond acceptors (Lipinski definition) is 4. The summed E-state index contributed by atoms with van der Waals surface area (Å²) in [6.07, 6.45) is 0.918. The molecule has 1 aromatic carbocycles. The van der Waals surface area contributed by atoms with Gasteiger partial charge in [-0.3, -0.25) is 9.59 Å². The Hall–Kier alpha value is -1.89. The standard InChI is InChI=1S/C18H21ClN2O3S/c1-12(2)24-9-4-8-20-17(22)13-6-7-14(19)15(11-13)21-18(23)16-5-3-10-25-16/h3,5-7,10-12H,4,8-9H2,1-2H3,(H,20,22)(H,21,23). The van der Waals surface area contributed by atoms with Crippen LogP contribution in [0.2, 0.25) is 5.02 Å². The Bertz CT molecular complexity index is 717. The van der Waals surface area contributed by atoms with E-state index in [2.05, 4.69) is 10.6 Å². The molecule has 1 heterocycles. The molecule has 2 rings (SSSR count). The van der Waals surface area contributed by atoms with Gasteiger partial charge in [0.1, 0.15) is 0 Å². The van der Waals surface area contributed by atoms with Crippen LogP contribution >= 0.6 is 22.9 Å². The van der Waals surface area contributed by atoms with E-state index in [4.69, 9.17) is 16.3 Å². The zero-order chi connectivity index (χ0) is 18.2. The van der Waals surface area contributed by atoms with Crippen molar-refractivity contribution in [2.24, 2.45) is 0 Å². The number of carbonyl (C=O) groups is 2. The van der Waals surface area contributed by atoms with Crippen LogP contribution in [-0.4, -0.2) is 31.1 Å². The molecule has 0 saturated heterocycles. The normalized spacial score (nSPS) is 10.7. The molecule has 2 aromatic rings. The van der Waals surface area contributed by atoms with Gasteiger partial charge in [-0.15, -0.1) is 11.3 Å². The van der Waals surface area contributed by atoms with Crippen molar-refractivity contribution in [2.45, 2.75) is 26.4 Å². The van der Waals surface area contributed by atoms with Crippen LogP contribution in [0.3, 0.4) is 0 Å². The number of rotatable bonds is 8. The van der Waals surface area contributed by atoms with Crippen molar-refractivity contribution in [1.29, 1.82) is 0 Å². The van der Waals surface area contributed by atoms with Gasteiger partial charge in [0.05, 0.1) is 21.7 Å². The Morgan fingerprint density at radius 1 is 1.24 bits per heavy atom. The molecule has 1 aromatic heterocycles. The first-order chi connectivity index (χ1) is 12.0. The van der Waals surface area contributed by atoms with Gasteiger partial charge in [0.2, 0.25) is 0 Å². The molecule has 2 amide bonds. The van der Waals surface area contributed by atoms with E-state index in [1.54, 1.807) is 30.3 Å². The molecule has 0 spiro atoms. The largest absolute Gasteiger partial charge is 0.379 e. The predicted octanol–water partition coefficient (Wildman–Crippen LogP) is 4.20. The lowest BCUT2D eigenvalue weighted by molar-refractivity contribution is 0.0757. The first-order valence-electron chi connectivity index (χ1n) is 8.01. The third-order valence-corrected chi connectivity index (χ3v) is 4.48. The molecule has 0 aliphatic heterocycles. The monoisotopic (exact) mass is 380 g/mol. The van der Waals surface area contributed by atoms with E-state index in [-0.39, 0.29) is 17.9 Å². The van der Waals surface area contributed by atoms with Gasteiger partial charge in [0, 0.05) is 18.7 Å². The maximum atomic E-state index is 12.2. The third kappa shape index (κ3) is 6.16. The average molecular weight is 381 g/mol. The zero-order valence-corrected chi connectivity index (χ0v) is 15.7. The highest BCUT2D eigenvalue weighted by molar-refractivity contribution is 7.12. The van der Waals surface area contributed by atoms with Gasteiger partial charge in [-0.2, -0.15) is 0 Å². The molecule has 0 radical (unpaired) electrons.